The Morgan fingerprint density at radius 2 is 1.95 bits per heavy atom. The molecule has 1 aliphatic rings. The van der Waals surface area contributed by atoms with Crippen LogP contribution in [0.25, 0.3) is 0 Å². The van der Waals surface area contributed by atoms with E-state index in [1.54, 1.807) is 0 Å². The van der Waals surface area contributed by atoms with Crippen molar-refractivity contribution in [3.63, 3.8) is 0 Å². The Morgan fingerprint density at radius 1 is 1.25 bits per heavy atom. The molecule has 1 aliphatic heterocycles. The Hall–Kier alpha value is -1.14. The highest BCUT2D eigenvalue weighted by Gasteiger charge is 2.22. The monoisotopic (exact) mass is 300 g/mol. The van der Waals surface area contributed by atoms with Crippen LogP contribution in [0.5, 0.6) is 0 Å². The second-order valence-electron chi connectivity index (χ2n) is 5.13. The topological polar surface area (TPSA) is 49.4 Å². The molecular weight excluding hydrogens is 279 g/mol. The van der Waals surface area contributed by atoms with Crippen LogP contribution < -0.4 is 10.2 Å². The van der Waals surface area contributed by atoms with E-state index in [4.69, 9.17) is 0 Å². The Kier molecular flexibility index (Phi) is 4.99. The standard InChI is InChI=1S/C14H21FN2O2S/c1-2-3-16-11-12-8-13(15)10-14(9-12)17-4-6-20(18,19)7-5-17/h8-10,16H,2-7,11H2,1H3. The van der Waals surface area contributed by atoms with Crippen molar-refractivity contribution >= 4 is 15.5 Å². The number of nitrogens with zero attached hydrogens (tertiary/aromatic N) is 1. The van der Waals surface area contributed by atoms with Crippen molar-refractivity contribution in [3.05, 3.63) is 29.6 Å². The summed E-state index contributed by atoms with van der Waals surface area (Å²) < 4.78 is 36.5. The Labute approximate surface area is 119 Å². The first-order chi connectivity index (χ1) is 9.50. The van der Waals surface area contributed by atoms with E-state index in [0.29, 0.717) is 19.6 Å². The number of sulfone groups is 1. The van der Waals surface area contributed by atoms with Crippen molar-refractivity contribution in [3.8, 4) is 0 Å². The zero-order valence-corrected chi connectivity index (χ0v) is 12.5. The van der Waals surface area contributed by atoms with E-state index in [1.165, 1.54) is 12.1 Å². The Balaban J connectivity index is 2.08. The lowest BCUT2D eigenvalue weighted by Crippen LogP contribution is -2.40. The first kappa shape index (κ1) is 15.3. The normalized spacial score (nSPS) is 18.2. The summed E-state index contributed by atoms with van der Waals surface area (Å²) in [7, 11) is -2.91. The van der Waals surface area contributed by atoms with Gasteiger partial charge in [-0.1, -0.05) is 6.92 Å². The van der Waals surface area contributed by atoms with Gasteiger partial charge in [0.05, 0.1) is 11.5 Å². The summed E-state index contributed by atoms with van der Waals surface area (Å²) in [6, 6.07) is 4.93. The molecule has 0 aromatic heterocycles. The maximum Gasteiger partial charge on any atom is 0.153 e. The first-order valence-electron chi connectivity index (χ1n) is 6.96. The van der Waals surface area contributed by atoms with Gasteiger partial charge in [0.1, 0.15) is 5.82 Å². The van der Waals surface area contributed by atoms with Gasteiger partial charge < -0.3 is 10.2 Å². The molecule has 6 heteroatoms. The van der Waals surface area contributed by atoms with Gasteiger partial charge in [-0.05, 0) is 36.7 Å². The number of hydrogen-bond acceptors (Lipinski definition) is 4. The molecule has 0 atom stereocenters. The fourth-order valence-corrected chi connectivity index (χ4v) is 3.50. The molecule has 1 fully saturated rings. The highest BCUT2D eigenvalue weighted by molar-refractivity contribution is 7.91. The molecule has 20 heavy (non-hydrogen) atoms. The molecule has 0 saturated carbocycles. The van der Waals surface area contributed by atoms with Crippen LogP contribution in [0.1, 0.15) is 18.9 Å². The van der Waals surface area contributed by atoms with Crippen LogP contribution in [0, 0.1) is 5.82 Å². The average Bonchev–Trinajstić information content (AvgIpc) is 2.38. The molecule has 1 N–H and O–H groups in total. The lowest BCUT2D eigenvalue weighted by atomic mass is 10.1. The molecular formula is C14H21FN2O2S. The van der Waals surface area contributed by atoms with E-state index < -0.39 is 9.84 Å². The lowest BCUT2D eigenvalue weighted by molar-refractivity contribution is 0.586. The van der Waals surface area contributed by atoms with Crippen LogP contribution in [0.15, 0.2) is 18.2 Å². The van der Waals surface area contributed by atoms with Crippen molar-refractivity contribution < 1.29 is 12.8 Å². The summed E-state index contributed by atoms with van der Waals surface area (Å²) in [5.74, 6) is 0.0177. The molecule has 0 radical (unpaired) electrons. The molecule has 1 heterocycles. The predicted molar refractivity (Wildman–Crippen MR) is 79.3 cm³/mol. The summed E-state index contributed by atoms with van der Waals surface area (Å²) in [6.45, 7) is 4.48. The van der Waals surface area contributed by atoms with Gasteiger partial charge in [-0.2, -0.15) is 0 Å². The fourth-order valence-electron chi connectivity index (χ4n) is 2.30. The van der Waals surface area contributed by atoms with Crippen LogP contribution in [0.3, 0.4) is 0 Å². The molecule has 0 unspecified atom stereocenters. The minimum absolute atomic E-state index is 0.146. The zero-order chi connectivity index (χ0) is 14.6. The van der Waals surface area contributed by atoms with Crippen LogP contribution in [-0.2, 0) is 16.4 Å². The van der Waals surface area contributed by atoms with Gasteiger partial charge in [0.2, 0.25) is 0 Å². The SMILES string of the molecule is CCCNCc1cc(F)cc(N2CCS(=O)(=O)CC2)c1. The number of anilines is 1. The molecule has 4 nitrogen and oxygen atoms in total. The third kappa shape index (κ3) is 4.18. The van der Waals surface area contributed by atoms with E-state index in [0.717, 1.165) is 24.2 Å². The summed E-state index contributed by atoms with van der Waals surface area (Å²) in [5.41, 5.74) is 1.66. The van der Waals surface area contributed by atoms with Crippen LogP contribution in [0.2, 0.25) is 0 Å². The van der Waals surface area contributed by atoms with Gasteiger partial charge in [0.25, 0.3) is 0 Å². The molecule has 112 valence electrons. The van der Waals surface area contributed by atoms with Gasteiger partial charge in [0, 0.05) is 25.3 Å². The van der Waals surface area contributed by atoms with Gasteiger partial charge in [-0.15, -0.1) is 0 Å². The zero-order valence-electron chi connectivity index (χ0n) is 11.7. The van der Waals surface area contributed by atoms with E-state index in [2.05, 4.69) is 12.2 Å². The third-order valence-electron chi connectivity index (χ3n) is 3.41. The summed E-state index contributed by atoms with van der Waals surface area (Å²) >= 11 is 0. The minimum Gasteiger partial charge on any atom is -0.369 e. The predicted octanol–water partition coefficient (Wildman–Crippen LogP) is 1.56. The molecule has 0 spiro atoms. The van der Waals surface area contributed by atoms with E-state index in [1.807, 2.05) is 11.0 Å². The van der Waals surface area contributed by atoms with Crippen LogP contribution in [0.4, 0.5) is 10.1 Å². The highest BCUT2D eigenvalue weighted by Crippen LogP contribution is 2.21. The van der Waals surface area contributed by atoms with Crippen LogP contribution >= 0.6 is 0 Å². The summed E-state index contributed by atoms with van der Waals surface area (Å²) in [4.78, 5) is 1.94. The average molecular weight is 300 g/mol. The van der Waals surface area contributed by atoms with Crippen molar-refractivity contribution in [2.75, 3.05) is 36.0 Å². The lowest BCUT2D eigenvalue weighted by Gasteiger charge is -2.29. The third-order valence-corrected chi connectivity index (χ3v) is 5.02. The number of nitrogens with one attached hydrogen (secondary N) is 1. The molecule has 0 aliphatic carbocycles. The molecule has 1 aromatic rings. The number of benzene rings is 1. The van der Waals surface area contributed by atoms with Crippen molar-refractivity contribution in [1.82, 2.24) is 5.32 Å². The first-order valence-corrected chi connectivity index (χ1v) is 8.78. The van der Waals surface area contributed by atoms with E-state index in [-0.39, 0.29) is 17.3 Å². The Morgan fingerprint density at radius 3 is 2.60 bits per heavy atom. The number of halogens is 1. The smallest absolute Gasteiger partial charge is 0.153 e. The van der Waals surface area contributed by atoms with E-state index >= 15 is 0 Å². The largest absolute Gasteiger partial charge is 0.369 e. The van der Waals surface area contributed by atoms with Gasteiger partial charge in [0.15, 0.2) is 9.84 Å². The minimum atomic E-state index is -2.91. The number of rotatable bonds is 5. The molecule has 1 aromatic carbocycles. The van der Waals surface area contributed by atoms with Gasteiger partial charge in [-0.25, -0.2) is 12.8 Å². The second kappa shape index (κ2) is 6.54. The molecule has 2 rings (SSSR count). The maximum atomic E-state index is 13.7. The fraction of sp³-hybridized carbons (Fsp3) is 0.571. The van der Waals surface area contributed by atoms with Crippen molar-refractivity contribution in [2.45, 2.75) is 19.9 Å². The Bertz CT molecular complexity index is 546. The van der Waals surface area contributed by atoms with Gasteiger partial charge >= 0.3 is 0 Å². The molecule has 0 bridgehead atoms. The maximum absolute atomic E-state index is 13.7. The summed E-state index contributed by atoms with van der Waals surface area (Å²) in [6.07, 6.45) is 1.03. The molecule has 1 saturated heterocycles. The van der Waals surface area contributed by atoms with E-state index in [9.17, 15) is 12.8 Å². The highest BCUT2D eigenvalue weighted by atomic mass is 32.2. The quantitative estimate of drug-likeness (QED) is 0.839. The summed E-state index contributed by atoms with van der Waals surface area (Å²) in [5, 5.41) is 3.24. The van der Waals surface area contributed by atoms with Gasteiger partial charge in [-0.3, -0.25) is 0 Å². The molecule has 0 amide bonds. The van der Waals surface area contributed by atoms with Crippen molar-refractivity contribution in [1.29, 1.82) is 0 Å². The van der Waals surface area contributed by atoms with Crippen molar-refractivity contribution in [2.24, 2.45) is 0 Å². The second-order valence-corrected chi connectivity index (χ2v) is 7.44. The number of hydrogen-bond donors (Lipinski definition) is 1. The van der Waals surface area contributed by atoms with Crippen LogP contribution in [-0.4, -0.2) is 39.6 Å².